The number of rotatable bonds is 5. The Balaban J connectivity index is 2.00. The molecule has 0 saturated heterocycles. The minimum Gasteiger partial charge on any atom is -0.255 e. The lowest BCUT2D eigenvalue weighted by atomic mass is 10.1. The van der Waals surface area contributed by atoms with Gasteiger partial charge >= 0.3 is 0 Å². The van der Waals surface area contributed by atoms with Gasteiger partial charge in [0, 0.05) is 30.9 Å². The van der Waals surface area contributed by atoms with Crippen molar-refractivity contribution in [2.24, 2.45) is 0 Å². The highest BCUT2D eigenvalue weighted by atomic mass is 32.2. The Morgan fingerprint density at radius 2 is 1.64 bits per heavy atom. The predicted octanol–water partition coefficient (Wildman–Crippen LogP) is 3.33. The second kappa shape index (κ2) is 7.27. The van der Waals surface area contributed by atoms with Gasteiger partial charge in [-0.2, -0.15) is 4.31 Å². The summed E-state index contributed by atoms with van der Waals surface area (Å²) in [5.74, 6) is 0. The lowest BCUT2D eigenvalue weighted by molar-refractivity contribution is 0.398. The fourth-order valence-corrected chi connectivity index (χ4v) is 5.16. The van der Waals surface area contributed by atoms with E-state index in [1.807, 2.05) is 19.1 Å². The van der Waals surface area contributed by atoms with Gasteiger partial charge in [0.1, 0.15) is 4.90 Å². The van der Waals surface area contributed by atoms with Gasteiger partial charge in [-0.1, -0.05) is 24.3 Å². The number of benzene rings is 2. The van der Waals surface area contributed by atoms with Crippen molar-refractivity contribution >= 4 is 30.8 Å². The van der Waals surface area contributed by atoms with Crippen molar-refractivity contribution in [1.82, 2.24) is 9.29 Å². The summed E-state index contributed by atoms with van der Waals surface area (Å²) in [5.41, 5.74) is 2.08. The molecule has 0 saturated carbocycles. The van der Waals surface area contributed by atoms with Crippen molar-refractivity contribution in [3.63, 3.8) is 0 Å². The van der Waals surface area contributed by atoms with Crippen molar-refractivity contribution in [3.8, 4) is 0 Å². The fourth-order valence-electron chi connectivity index (χ4n) is 3.02. The molecule has 0 aliphatic heterocycles. The van der Waals surface area contributed by atoms with Crippen LogP contribution >= 0.6 is 0 Å². The Morgan fingerprint density at radius 3 is 2.25 bits per heavy atom. The average Bonchev–Trinajstić information content (AvgIpc) is 2.65. The minimum absolute atomic E-state index is 0.145. The van der Waals surface area contributed by atoms with Gasteiger partial charge in [0.15, 0.2) is 9.84 Å². The second-order valence-corrected chi connectivity index (χ2v) is 10.9. The molecule has 0 aliphatic rings. The molecule has 0 bridgehead atoms. The number of hydrogen-bond donors (Lipinski definition) is 0. The molecule has 2 aromatic carbocycles. The van der Waals surface area contributed by atoms with Gasteiger partial charge in [-0.3, -0.25) is 4.98 Å². The maximum atomic E-state index is 13.3. The van der Waals surface area contributed by atoms with Crippen LogP contribution in [0.2, 0.25) is 0 Å². The number of aromatic nitrogens is 1. The van der Waals surface area contributed by atoms with Gasteiger partial charge < -0.3 is 0 Å². The molecule has 1 heterocycles. The molecule has 1 aromatic heterocycles. The number of sulfonamides is 1. The van der Waals surface area contributed by atoms with Crippen LogP contribution in [0.5, 0.6) is 0 Å². The highest BCUT2D eigenvalue weighted by Gasteiger charge is 2.28. The van der Waals surface area contributed by atoms with Crippen LogP contribution in [0.15, 0.2) is 64.5 Å². The zero-order valence-electron chi connectivity index (χ0n) is 16.1. The summed E-state index contributed by atoms with van der Waals surface area (Å²) in [5, 5.41) is 0.764. The van der Waals surface area contributed by atoms with Crippen LogP contribution in [0, 0.1) is 6.92 Å². The molecule has 0 aliphatic carbocycles. The monoisotopic (exact) mass is 418 g/mol. The summed E-state index contributed by atoms with van der Waals surface area (Å²) in [6, 6.07) is 12.8. The van der Waals surface area contributed by atoms with E-state index in [2.05, 4.69) is 4.98 Å². The largest absolute Gasteiger partial charge is 0.255 e. The molecule has 28 heavy (non-hydrogen) atoms. The smallest absolute Gasteiger partial charge is 0.245 e. The summed E-state index contributed by atoms with van der Waals surface area (Å²) in [7, 11) is -5.61. The molecule has 0 unspecified atom stereocenters. The van der Waals surface area contributed by atoms with Crippen molar-refractivity contribution in [3.05, 3.63) is 65.9 Å². The van der Waals surface area contributed by atoms with Crippen molar-refractivity contribution in [2.45, 2.75) is 29.7 Å². The molecule has 3 aromatic rings. The van der Waals surface area contributed by atoms with Crippen molar-refractivity contribution < 1.29 is 16.8 Å². The Kier molecular flexibility index (Phi) is 5.31. The van der Waals surface area contributed by atoms with Crippen LogP contribution < -0.4 is 0 Å². The van der Waals surface area contributed by atoms with E-state index in [9.17, 15) is 16.8 Å². The van der Waals surface area contributed by atoms with E-state index in [4.69, 9.17) is 0 Å². The highest BCUT2D eigenvalue weighted by molar-refractivity contribution is 7.90. The topological polar surface area (TPSA) is 84.4 Å². The van der Waals surface area contributed by atoms with Crippen LogP contribution in [0.1, 0.15) is 24.1 Å². The summed E-state index contributed by atoms with van der Waals surface area (Å²) in [6.45, 7) is 3.66. The number of aryl methyl sites for hydroxylation is 1. The molecule has 0 fully saturated rings. The molecule has 3 rings (SSSR count). The van der Waals surface area contributed by atoms with E-state index in [1.165, 1.54) is 23.5 Å². The molecule has 148 valence electrons. The van der Waals surface area contributed by atoms with Gasteiger partial charge in [-0.15, -0.1) is 0 Å². The summed E-state index contributed by atoms with van der Waals surface area (Å²) < 4.78 is 51.1. The number of hydrogen-bond acceptors (Lipinski definition) is 5. The lowest BCUT2D eigenvalue weighted by Gasteiger charge is -2.25. The van der Waals surface area contributed by atoms with Crippen molar-refractivity contribution in [2.75, 3.05) is 13.3 Å². The first-order chi connectivity index (χ1) is 13.0. The zero-order valence-corrected chi connectivity index (χ0v) is 17.8. The Hall–Kier alpha value is -2.29. The van der Waals surface area contributed by atoms with E-state index >= 15 is 0 Å². The highest BCUT2D eigenvalue weighted by Crippen LogP contribution is 2.30. The van der Waals surface area contributed by atoms with Gasteiger partial charge in [0.25, 0.3) is 0 Å². The first kappa shape index (κ1) is 20.4. The molecular weight excluding hydrogens is 396 g/mol. The quantitative estimate of drug-likeness (QED) is 0.635. The van der Waals surface area contributed by atoms with Crippen LogP contribution in [0.25, 0.3) is 10.9 Å². The Labute approximate surface area is 165 Å². The third-order valence-electron chi connectivity index (χ3n) is 4.80. The molecule has 0 amide bonds. The summed E-state index contributed by atoms with van der Waals surface area (Å²) in [4.78, 5) is 4.67. The van der Waals surface area contributed by atoms with Gasteiger partial charge in [0.05, 0.1) is 10.4 Å². The number of pyridine rings is 1. The number of nitrogens with zero attached hydrogens (tertiary/aromatic N) is 2. The summed E-state index contributed by atoms with van der Waals surface area (Å²) >= 11 is 0. The second-order valence-electron chi connectivity index (χ2n) is 6.88. The number of para-hydroxylation sites is 1. The zero-order chi connectivity index (χ0) is 20.7. The third-order valence-corrected chi connectivity index (χ3v) is 7.89. The van der Waals surface area contributed by atoms with Gasteiger partial charge in [0.2, 0.25) is 10.0 Å². The molecular formula is C20H22N2O4S2. The minimum atomic E-state index is -3.81. The maximum Gasteiger partial charge on any atom is 0.245 e. The van der Waals surface area contributed by atoms with Gasteiger partial charge in [-0.05, 0) is 49.2 Å². The first-order valence-corrected chi connectivity index (χ1v) is 12.0. The third kappa shape index (κ3) is 3.80. The summed E-state index contributed by atoms with van der Waals surface area (Å²) in [6.07, 6.45) is 2.78. The first-order valence-electron chi connectivity index (χ1n) is 8.65. The Morgan fingerprint density at radius 1 is 1.00 bits per heavy atom. The SMILES string of the molecule is Cc1cnc2c(S(=O)(=O)N(C)[C@@H](C)c3ccc(S(C)(=O)=O)cc3)cccc2c1. The van der Waals surface area contributed by atoms with Crippen molar-refractivity contribution in [1.29, 1.82) is 0 Å². The molecule has 6 nitrogen and oxygen atoms in total. The van der Waals surface area contributed by atoms with Crippen LogP contribution in [-0.4, -0.2) is 39.4 Å². The molecule has 0 N–H and O–H groups in total. The van der Waals surface area contributed by atoms with E-state index in [0.29, 0.717) is 11.1 Å². The molecule has 0 spiro atoms. The standard InChI is InChI=1S/C20H22N2O4S2/c1-14-12-17-6-5-7-19(20(17)21-13-14)28(25,26)22(3)15(2)16-8-10-18(11-9-16)27(4,23)24/h5-13,15H,1-4H3/t15-/m0/s1. The molecule has 8 heteroatoms. The average molecular weight is 419 g/mol. The van der Waals surface area contributed by atoms with E-state index in [1.54, 1.807) is 37.4 Å². The Bertz CT molecular complexity index is 1230. The molecule has 1 atom stereocenters. The van der Waals surface area contributed by atoms with E-state index in [-0.39, 0.29) is 9.79 Å². The van der Waals surface area contributed by atoms with Crippen LogP contribution in [0.3, 0.4) is 0 Å². The number of sulfone groups is 1. The predicted molar refractivity (Wildman–Crippen MR) is 109 cm³/mol. The molecule has 0 radical (unpaired) electrons. The number of fused-ring (bicyclic) bond motifs is 1. The van der Waals surface area contributed by atoms with Crippen LogP contribution in [0.4, 0.5) is 0 Å². The normalized spacial score (nSPS) is 13.8. The maximum absolute atomic E-state index is 13.3. The van der Waals surface area contributed by atoms with Crippen LogP contribution in [-0.2, 0) is 19.9 Å². The van der Waals surface area contributed by atoms with Gasteiger partial charge in [-0.25, -0.2) is 16.8 Å². The fraction of sp³-hybridized carbons (Fsp3) is 0.250. The van der Waals surface area contributed by atoms with E-state index < -0.39 is 25.9 Å². The lowest BCUT2D eigenvalue weighted by Crippen LogP contribution is -2.30. The van der Waals surface area contributed by atoms with E-state index in [0.717, 1.165) is 17.2 Å².